The van der Waals surface area contributed by atoms with Crippen molar-refractivity contribution in [3.05, 3.63) is 35.6 Å². The fraction of sp³-hybridized carbons (Fsp3) is 0.647. The number of likely N-dealkylation sites (tertiary alicyclic amines) is 1. The van der Waals surface area contributed by atoms with Crippen LogP contribution in [0.25, 0.3) is 0 Å². The number of piperidine rings is 2. The predicted molar refractivity (Wildman–Crippen MR) is 80.2 cm³/mol. The Labute approximate surface area is 121 Å². The maximum absolute atomic E-state index is 13.4. The van der Waals surface area contributed by atoms with Crippen LogP contribution < -0.4 is 5.32 Å². The second-order valence-electron chi connectivity index (χ2n) is 6.59. The third kappa shape index (κ3) is 2.89. The minimum Gasteiger partial charge on any atom is -0.316 e. The van der Waals surface area contributed by atoms with Gasteiger partial charge in [0.15, 0.2) is 0 Å². The van der Waals surface area contributed by atoms with E-state index in [1.807, 2.05) is 12.1 Å². The van der Waals surface area contributed by atoms with E-state index >= 15 is 0 Å². The van der Waals surface area contributed by atoms with Crippen LogP contribution in [0.2, 0.25) is 0 Å². The summed E-state index contributed by atoms with van der Waals surface area (Å²) in [5.41, 5.74) is 1.56. The first-order valence-corrected chi connectivity index (χ1v) is 7.89. The monoisotopic (exact) mass is 276 g/mol. The molecule has 1 aromatic carbocycles. The Balaban J connectivity index is 1.73. The van der Waals surface area contributed by atoms with Gasteiger partial charge in [0, 0.05) is 19.1 Å². The number of hydrogen-bond donors (Lipinski definition) is 1. The van der Waals surface area contributed by atoms with E-state index in [2.05, 4.69) is 17.1 Å². The molecule has 0 saturated carbocycles. The second-order valence-corrected chi connectivity index (χ2v) is 6.59. The normalized spacial score (nSPS) is 29.5. The van der Waals surface area contributed by atoms with E-state index in [0.29, 0.717) is 11.5 Å². The fourth-order valence-electron chi connectivity index (χ4n) is 3.93. The quantitative estimate of drug-likeness (QED) is 0.891. The van der Waals surface area contributed by atoms with Gasteiger partial charge in [-0.25, -0.2) is 4.39 Å². The molecule has 1 aromatic rings. The minimum atomic E-state index is -0.125. The van der Waals surface area contributed by atoms with Crippen molar-refractivity contribution in [2.24, 2.45) is 5.41 Å². The molecule has 3 heteroatoms. The average Bonchev–Trinajstić information content (AvgIpc) is 2.47. The van der Waals surface area contributed by atoms with Crippen molar-refractivity contribution in [2.45, 2.75) is 38.6 Å². The Morgan fingerprint density at radius 1 is 1.30 bits per heavy atom. The molecule has 1 spiro atoms. The minimum absolute atomic E-state index is 0.125. The topological polar surface area (TPSA) is 15.3 Å². The lowest BCUT2D eigenvalue weighted by atomic mass is 9.74. The van der Waals surface area contributed by atoms with Gasteiger partial charge in [-0.1, -0.05) is 12.1 Å². The van der Waals surface area contributed by atoms with Gasteiger partial charge in [-0.3, -0.25) is 4.90 Å². The molecule has 2 aliphatic rings. The fourth-order valence-corrected chi connectivity index (χ4v) is 3.93. The highest BCUT2D eigenvalue weighted by atomic mass is 19.1. The van der Waals surface area contributed by atoms with Crippen molar-refractivity contribution in [3.63, 3.8) is 0 Å². The highest BCUT2D eigenvalue weighted by Crippen LogP contribution is 2.38. The van der Waals surface area contributed by atoms with Crippen LogP contribution in [0.4, 0.5) is 4.39 Å². The molecule has 110 valence electrons. The molecular weight excluding hydrogens is 251 g/mol. The molecule has 2 fully saturated rings. The maximum atomic E-state index is 13.4. The third-order valence-corrected chi connectivity index (χ3v) is 5.13. The number of hydrogen-bond acceptors (Lipinski definition) is 2. The molecule has 2 atom stereocenters. The van der Waals surface area contributed by atoms with E-state index in [-0.39, 0.29) is 5.82 Å². The summed E-state index contributed by atoms with van der Waals surface area (Å²) < 4.78 is 13.4. The summed E-state index contributed by atoms with van der Waals surface area (Å²) in [4.78, 5) is 2.55. The zero-order chi connectivity index (χ0) is 14.0. The third-order valence-electron chi connectivity index (χ3n) is 5.13. The van der Waals surface area contributed by atoms with Crippen LogP contribution >= 0.6 is 0 Å². The summed E-state index contributed by atoms with van der Waals surface area (Å²) in [6.07, 6.45) is 5.24. The van der Waals surface area contributed by atoms with Gasteiger partial charge < -0.3 is 5.32 Å². The Hall–Kier alpha value is -0.930. The van der Waals surface area contributed by atoms with Crippen molar-refractivity contribution in [1.29, 1.82) is 0 Å². The number of nitrogens with one attached hydrogen (secondary N) is 1. The smallest absolute Gasteiger partial charge is 0.123 e. The molecule has 1 N–H and O–H groups in total. The summed E-state index contributed by atoms with van der Waals surface area (Å²) in [6.45, 7) is 6.82. The Morgan fingerprint density at radius 3 is 2.90 bits per heavy atom. The van der Waals surface area contributed by atoms with Crippen molar-refractivity contribution in [3.8, 4) is 0 Å². The highest BCUT2D eigenvalue weighted by molar-refractivity contribution is 5.20. The molecule has 20 heavy (non-hydrogen) atoms. The zero-order valence-corrected chi connectivity index (χ0v) is 12.4. The number of benzene rings is 1. The van der Waals surface area contributed by atoms with Crippen LogP contribution in [0.1, 0.15) is 44.2 Å². The van der Waals surface area contributed by atoms with Gasteiger partial charge in [0.25, 0.3) is 0 Å². The van der Waals surface area contributed by atoms with Crippen molar-refractivity contribution in [1.82, 2.24) is 10.2 Å². The molecule has 2 aliphatic heterocycles. The van der Waals surface area contributed by atoms with Gasteiger partial charge >= 0.3 is 0 Å². The van der Waals surface area contributed by atoms with E-state index in [9.17, 15) is 4.39 Å². The van der Waals surface area contributed by atoms with Gasteiger partial charge in [0.1, 0.15) is 5.82 Å². The summed E-state index contributed by atoms with van der Waals surface area (Å²) in [5.74, 6) is -0.125. The van der Waals surface area contributed by atoms with E-state index in [0.717, 1.165) is 25.2 Å². The van der Waals surface area contributed by atoms with Crippen LogP contribution in [-0.2, 0) is 0 Å². The largest absolute Gasteiger partial charge is 0.316 e. The Morgan fingerprint density at radius 2 is 2.15 bits per heavy atom. The SMILES string of the molecule is CC(c1cccc(F)c1)N1CCCC2(CCCNC2)C1. The van der Waals surface area contributed by atoms with Crippen molar-refractivity contribution in [2.75, 3.05) is 26.2 Å². The Bertz CT molecular complexity index is 449. The molecule has 2 nitrogen and oxygen atoms in total. The number of halogens is 1. The number of nitrogens with zero attached hydrogens (tertiary/aromatic N) is 1. The van der Waals surface area contributed by atoms with Gasteiger partial charge in [-0.15, -0.1) is 0 Å². The van der Waals surface area contributed by atoms with Crippen LogP contribution in [0.3, 0.4) is 0 Å². The summed E-state index contributed by atoms with van der Waals surface area (Å²) in [7, 11) is 0. The lowest BCUT2D eigenvalue weighted by Gasteiger charge is -2.47. The first kappa shape index (κ1) is 14.0. The zero-order valence-electron chi connectivity index (χ0n) is 12.4. The first-order valence-electron chi connectivity index (χ1n) is 7.89. The molecule has 0 aliphatic carbocycles. The van der Waals surface area contributed by atoms with Crippen LogP contribution in [0, 0.1) is 11.2 Å². The molecule has 2 saturated heterocycles. The van der Waals surface area contributed by atoms with E-state index < -0.39 is 0 Å². The molecule has 0 aromatic heterocycles. The average molecular weight is 276 g/mol. The van der Waals surface area contributed by atoms with Crippen LogP contribution in [0.5, 0.6) is 0 Å². The predicted octanol–water partition coefficient (Wildman–Crippen LogP) is 3.35. The number of rotatable bonds is 2. The summed E-state index contributed by atoms with van der Waals surface area (Å²) in [5, 5.41) is 3.57. The van der Waals surface area contributed by atoms with Gasteiger partial charge in [0.05, 0.1) is 0 Å². The molecule has 2 unspecified atom stereocenters. The van der Waals surface area contributed by atoms with Crippen molar-refractivity contribution < 1.29 is 4.39 Å². The molecule has 3 rings (SSSR count). The van der Waals surface area contributed by atoms with Gasteiger partial charge in [0.2, 0.25) is 0 Å². The van der Waals surface area contributed by atoms with Crippen LogP contribution in [-0.4, -0.2) is 31.1 Å². The molecule has 0 bridgehead atoms. The highest BCUT2D eigenvalue weighted by Gasteiger charge is 2.37. The Kier molecular flexibility index (Phi) is 4.08. The molecule has 0 amide bonds. The maximum Gasteiger partial charge on any atom is 0.123 e. The van der Waals surface area contributed by atoms with Gasteiger partial charge in [-0.2, -0.15) is 0 Å². The van der Waals surface area contributed by atoms with Gasteiger partial charge in [-0.05, 0) is 68.8 Å². The second kappa shape index (κ2) is 5.82. The first-order chi connectivity index (χ1) is 9.69. The standard InChI is InChI=1S/C17H25FN2/c1-14(15-5-2-6-16(18)11-15)20-10-4-8-17(13-20)7-3-9-19-12-17/h2,5-6,11,14,19H,3-4,7-10,12-13H2,1H3. The molecule has 2 heterocycles. The van der Waals surface area contributed by atoms with Crippen molar-refractivity contribution >= 4 is 0 Å². The lowest BCUT2D eigenvalue weighted by Crippen LogP contribution is -2.51. The van der Waals surface area contributed by atoms with E-state index in [1.54, 1.807) is 6.07 Å². The lowest BCUT2D eigenvalue weighted by molar-refractivity contribution is 0.0415. The molecule has 0 radical (unpaired) electrons. The summed E-state index contributed by atoms with van der Waals surface area (Å²) in [6, 6.07) is 7.39. The van der Waals surface area contributed by atoms with E-state index in [1.165, 1.54) is 38.3 Å². The summed E-state index contributed by atoms with van der Waals surface area (Å²) >= 11 is 0. The molecular formula is C17H25FN2. The van der Waals surface area contributed by atoms with E-state index in [4.69, 9.17) is 0 Å². The van der Waals surface area contributed by atoms with Crippen LogP contribution in [0.15, 0.2) is 24.3 Å².